The molecule has 1 rings (SSSR count). The molecular formula is C10H12F3N3O2. The number of rotatable bonds is 4. The van der Waals surface area contributed by atoms with Gasteiger partial charge in [0.25, 0.3) is 5.56 Å². The van der Waals surface area contributed by atoms with Crippen LogP contribution in [0.25, 0.3) is 0 Å². The van der Waals surface area contributed by atoms with Crippen LogP contribution in [-0.4, -0.2) is 17.4 Å². The standard InChI is InChI=1S/C10H12F3N3O2/c11-10(12,13)6-4-7(9(18)15-5-6)16-8(17)2-1-3-14/h4-5H,1-3,14H2,(H,15,18)(H,16,17). The number of carbonyl (C=O) groups is 1. The van der Waals surface area contributed by atoms with E-state index in [1.807, 2.05) is 4.98 Å². The van der Waals surface area contributed by atoms with Crippen LogP contribution in [0.2, 0.25) is 0 Å². The Morgan fingerprint density at radius 1 is 1.44 bits per heavy atom. The highest BCUT2D eigenvalue weighted by Gasteiger charge is 2.31. The van der Waals surface area contributed by atoms with Gasteiger partial charge in [-0.2, -0.15) is 13.2 Å². The van der Waals surface area contributed by atoms with Crippen LogP contribution in [0.5, 0.6) is 0 Å². The molecule has 0 radical (unpaired) electrons. The fourth-order valence-electron chi connectivity index (χ4n) is 1.22. The summed E-state index contributed by atoms with van der Waals surface area (Å²) in [5.74, 6) is -0.551. The number of H-pyrrole nitrogens is 1. The van der Waals surface area contributed by atoms with Crippen LogP contribution in [0, 0.1) is 0 Å². The van der Waals surface area contributed by atoms with Crippen molar-refractivity contribution in [2.24, 2.45) is 5.73 Å². The summed E-state index contributed by atoms with van der Waals surface area (Å²) in [6.07, 6.45) is -3.59. The maximum atomic E-state index is 12.4. The maximum Gasteiger partial charge on any atom is 0.417 e. The molecule has 0 bridgehead atoms. The van der Waals surface area contributed by atoms with Gasteiger partial charge < -0.3 is 16.0 Å². The molecule has 0 spiro atoms. The number of hydrogen-bond acceptors (Lipinski definition) is 3. The van der Waals surface area contributed by atoms with E-state index in [9.17, 15) is 22.8 Å². The minimum atomic E-state index is -4.58. The molecule has 1 heterocycles. The summed E-state index contributed by atoms with van der Waals surface area (Å²) in [6.45, 7) is 0.284. The lowest BCUT2D eigenvalue weighted by molar-refractivity contribution is -0.137. The first-order valence-corrected chi connectivity index (χ1v) is 5.14. The molecule has 0 saturated heterocycles. The zero-order valence-electron chi connectivity index (χ0n) is 9.30. The molecule has 8 heteroatoms. The number of nitrogens with one attached hydrogen (secondary N) is 2. The lowest BCUT2D eigenvalue weighted by atomic mass is 10.2. The summed E-state index contributed by atoms with van der Waals surface area (Å²) in [4.78, 5) is 24.5. The molecule has 0 aromatic carbocycles. The summed E-state index contributed by atoms with van der Waals surface area (Å²) in [7, 11) is 0. The van der Waals surface area contributed by atoms with E-state index in [1.165, 1.54) is 0 Å². The molecule has 4 N–H and O–H groups in total. The third-order valence-corrected chi connectivity index (χ3v) is 2.11. The van der Waals surface area contributed by atoms with Crippen molar-refractivity contribution in [3.8, 4) is 0 Å². The Balaban J connectivity index is 2.88. The second kappa shape index (κ2) is 5.67. The molecular weight excluding hydrogens is 251 g/mol. The zero-order chi connectivity index (χ0) is 13.8. The van der Waals surface area contributed by atoms with E-state index in [1.54, 1.807) is 0 Å². The van der Waals surface area contributed by atoms with Gasteiger partial charge in [-0.05, 0) is 19.0 Å². The van der Waals surface area contributed by atoms with Gasteiger partial charge in [-0.1, -0.05) is 0 Å². The van der Waals surface area contributed by atoms with Gasteiger partial charge in [-0.15, -0.1) is 0 Å². The topological polar surface area (TPSA) is 88.0 Å². The number of amides is 1. The van der Waals surface area contributed by atoms with E-state index in [-0.39, 0.29) is 13.0 Å². The lowest BCUT2D eigenvalue weighted by Gasteiger charge is -2.08. The summed E-state index contributed by atoms with van der Waals surface area (Å²) in [5, 5.41) is 2.12. The fraction of sp³-hybridized carbons (Fsp3) is 0.400. The molecule has 0 fully saturated rings. The van der Waals surface area contributed by atoms with E-state index in [0.717, 1.165) is 0 Å². The number of aromatic nitrogens is 1. The minimum absolute atomic E-state index is 0.0478. The highest BCUT2D eigenvalue weighted by atomic mass is 19.4. The summed E-state index contributed by atoms with van der Waals surface area (Å²) in [5.41, 5.74) is 2.94. The van der Waals surface area contributed by atoms with Gasteiger partial charge in [-0.25, -0.2) is 0 Å². The van der Waals surface area contributed by atoms with Crippen LogP contribution in [0.1, 0.15) is 18.4 Å². The number of pyridine rings is 1. The Labute approximate surface area is 100 Å². The zero-order valence-corrected chi connectivity index (χ0v) is 9.30. The van der Waals surface area contributed by atoms with Crippen molar-refractivity contribution in [1.29, 1.82) is 0 Å². The summed E-state index contributed by atoms with van der Waals surface area (Å²) < 4.78 is 37.2. The smallest absolute Gasteiger partial charge is 0.330 e. The van der Waals surface area contributed by atoms with Crippen molar-refractivity contribution < 1.29 is 18.0 Å². The number of carbonyl (C=O) groups excluding carboxylic acids is 1. The Kier molecular flexibility index (Phi) is 4.49. The highest BCUT2D eigenvalue weighted by Crippen LogP contribution is 2.29. The maximum absolute atomic E-state index is 12.4. The van der Waals surface area contributed by atoms with Gasteiger partial charge in [-0.3, -0.25) is 9.59 Å². The molecule has 0 saturated carbocycles. The Morgan fingerprint density at radius 3 is 2.67 bits per heavy atom. The first-order chi connectivity index (χ1) is 8.34. The second-order valence-corrected chi connectivity index (χ2v) is 3.57. The van der Waals surface area contributed by atoms with Crippen LogP contribution >= 0.6 is 0 Å². The third kappa shape index (κ3) is 3.88. The first-order valence-electron chi connectivity index (χ1n) is 5.14. The van der Waals surface area contributed by atoms with Crippen molar-refractivity contribution in [2.75, 3.05) is 11.9 Å². The number of halogens is 3. The number of aromatic amines is 1. The molecule has 1 amide bonds. The molecule has 0 unspecified atom stereocenters. The van der Waals surface area contributed by atoms with Crippen molar-refractivity contribution >= 4 is 11.6 Å². The molecule has 0 aliphatic heterocycles. The van der Waals surface area contributed by atoms with Crippen LogP contribution in [-0.2, 0) is 11.0 Å². The molecule has 1 aromatic heterocycles. The minimum Gasteiger partial charge on any atom is -0.330 e. The van der Waals surface area contributed by atoms with Gasteiger partial charge >= 0.3 is 6.18 Å². The van der Waals surface area contributed by atoms with Crippen molar-refractivity contribution in [2.45, 2.75) is 19.0 Å². The van der Waals surface area contributed by atoms with Gasteiger partial charge in [0.05, 0.1) is 5.56 Å². The number of nitrogens with two attached hydrogens (primary N) is 1. The Bertz CT molecular complexity index is 482. The lowest BCUT2D eigenvalue weighted by Crippen LogP contribution is -2.21. The molecule has 0 aliphatic rings. The average Bonchev–Trinajstić information content (AvgIpc) is 2.28. The molecule has 0 aliphatic carbocycles. The monoisotopic (exact) mass is 263 g/mol. The van der Waals surface area contributed by atoms with Crippen LogP contribution in [0.15, 0.2) is 17.1 Å². The Morgan fingerprint density at radius 2 is 2.11 bits per heavy atom. The van der Waals surface area contributed by atoms with Crippen LogP contribution in [0.4, 0.5) is 18.9 Å². The molecule has 5 nitrogen and oxygen atoms in total. The van der Waals surface area contributed by atoms with E-state index < -0.39 is 28.9 Å². The fourth-order valence-corrected chi connectivity index (χ4v) is 1.22. The van der Waals surface area contributed by atoms with Gasteiger partial charge in [0.15, 0.2) is 0 Å². The average molecular weight is 263 g/mol. The number of alkyl halides is 3. The normalized spacial score (nSPS) is 11.3. The second-order valence-electron chi connectivity index (χ2n) is 3.57. The first kappa shape index (κ1) is 14.2. The van der Waals surface area contributed by atoms with Crippen LogP contribution in [0.3, 0.4) is 0 Å². The molecule has 1 aromatic rings. The summed E-state index contributed by atoms with van der Waals surface area (Å²) in [6, 6.07) is 0.596. The predicted octanol–water partition coefficient (Wildman–Crippen LogP) is 1.07. The van der Waals surface area contributed by atoms with E-state index in [0.29, 0.717) is 18.7 Å². The summed E-state index contributed by atoms with van der Waals surface area (Å²) >= 11 is 0. The van der Waals surface area contributed by atoms with Crippen molar-refractivity contribution in [3.05, 3.63) is 28.2 Å². The van der Waals surface area contributed by atoms with E-state index in [2.05, 4.69) is 5.32 Å². The SMILES string of the molecule is NCCCC(=O)Nc1cc(C(F)(F)F)c[nH]c1=O. The van der Waals surface area contributed by atoms with Crippen molar-refractivity contribution in [3.63, 3.8) is 0 Å². The molecule has 100 valence electrons. The van der Waals surface area contributed by atoms with Gasteiger partial charge in [0.2, 0.25) is 5.91 Å². The Hall–Kier alpha value is -1.83. The predicted molar refractivity (Wildman–Crippen MR) is 59.0 cm³/mol. The largest absolute Gasteiger partial charge is 0.417 e. The van der Waals surface area contributed by atoms with E-state index >= 15 is 0 Å². The highest BCUT2D eigenvalue weighted by molar-refractivity contribution is 5.90. The van der Waals surface area contributed by atoms with Gasteiger partial charge in [0.1, 0.15) is 5.69 Å². The molecule has 0 atom stereocenters. The molecule has 18 heavy (non-hydrogen) atoms. The number of hydrogen-bond donors (Lipinski definition) is 3. The van der Waals surface area contributed by atoms with E-state index in [4.69, 9.17) is 5.73 Å². The quantitative estimate of drug-likeness (QED) is 0.759. The van der Waals surface area contributed by atoms with Gasteiger partial charge in [0, 0.05) is 12.6 Å². The van der Waals surface area contributed by atoms with Crippen molar-refractivity contribution in [1.82, 2.24) is 4.98 Å². The van der Waals surface area contributed by atoms with Crippen LogP contribution < -0.4 is 16.6 Å². The number of anilines is 1. The third-order valence-electron chi connectivity index (χ3n) is 2.11.